The van der Waals surface area contributed by atoms with Gasteiger partial charge in [-0.1, -0.05) is 17.7 Å². The van der Waals surface area contributed by atoms with E-state index in [0.29, 0.717) is 16.4 Å². The SMILES string of the molecule is O=C(Cc1cn2cc(Cl)ccc2n1)Nc1cccc(O)c1. The van der Waals surface area contributed by atoms with Crippen molar-refractivity contribution in [3.05, 3.63) is 59.5 Å². The number of hydrogen-bond acceptors (Lipinski definition) is 3. The maximum Gasteiger partial charge on any atom is 0.230 e. The number of fused-ring (bicyclic) bond motifs is 1. The lowest BCUT2D eigenvalue weighted by atomic mass is 10.2. The highest BCUT2D eigenvalue weighted by Gasteiger charge is 2.08. The van der Waals surface area contributed by atoms with Gasteiger partial charge < -0.3 is 14.8 Å². The largest absolute Gasteiger partial charge is 0.508 e. The summed E-state index contributed by atoms with van der Waals surface area (Å²) in [6, 6.07) is 9.95. The number of nitrogens with zero attached hydrogens (tertiary/aromatic N) is 2. The predicted molar refractivity (Wildman–Crippen MR) is 80.6 cm³/mol. The molecule has 3 aromatic rings. The molecule has 0 atom stereocenters. The van der Waals surface area contributed by atoms with E-state index in [-0.39, 0.29) is 18.1 Å². The number of aromatic hydroxyl groups is 1. The van der Waals surface area contributed by atoms with Crippen LogP contribution in [0.3, 0.4) is 0 Å². The molecule has 1 amide bonds. The molecule has 0 aliphatic heterocycles. The quantitative estimate of drug-likeness (QED) is 0.781. The molecule has 0 unspecified atom stereocenters. The van der Waals surface area contributed by atoms with Gasteiger partial charge in [-0.3, -0.25) is 4.79 Å². The van der Waals surface area contributed by atoms with E-state index in [4.69, 9.17) is 11.6 Å². The lowest BCUT2D eigenvalue weighted by molar-refractivity contribution is -0.115. The third-order valence-electron chi connectivity index (χ3n) is 2.94. The highest BCUT2D eigenvalue weighted by Crippen LogP contribution is 2.16. The van der Waals surface area contributed by atoms with Crippen molar-refractivity contribution in [2.75, 3.05) is 5.32 Å². The van der Waals surface area contributed by atoms with Crippen molar-refractivity contribution in [3.8, 4) is 5.75 Å². The zero-order valence-electron chi connectivity index (χ0n) is 11.0. The van der Waals surface area contributed by atoms with Gasteiger partial charge in [-0.25, -0.2) is 4.98 Å². The Hall–Kier alpha value is -2.53. The normalized spacial score (nSPS) is 10.7. The van der Waals surface area contributed by atoms with Crippen LogP contribution in [-0.4, -0.2) is 20.4 Å². The number of benzene rings is 1. The minimum absolute atomic E-state index is 0.107. The van der Waals surface area contributed by atoms with Gasteiger partial charge in [0.1, 0.15) is 11.4 Å². The average Bonchev–Trinajstić information content (AvgIpc) is 2.79. The summed E-state index contributed by atoms with van der Waals surface area (Å²) < 4.78 is 1.78. The Kier molecular flexibility index (Phi) is 3.50. The summed E-state index contributed by atoms with van der Waals surface area (Å²) in [5.74, 6) is -0.0923. The number of halogens is 1. The topological polar surface area (TPSA) is 66.6 Å². The zero-order chi connectivity index (χ0) is 14.8. The number of carbonyl (C=O) groups excluding carboxylic acids is 1. The number of phenolic OH excluding ortho intramolecular Hbond substituents is 1. The number of amides is 1. The van der Waals surface area contributed by atoms with Crippen molar-refractivity contribution in [2.45, 2.75) is 6.42 Å². The number of anilines is 1. The minimum Gasteiger partial charge on any atom is -0.508 e. The molecule has 6 heteroatoms. The number of aromatic nitrogens is 2. The van der Waals surface area contributed by atoms with Crippen LogP contribution in [0, 0.1) is 0 Å². The first-order valence-corrected chi connectivity index (χ1v) is 6.70. The molecule has 2 aromatic heterocycles. The Morgan fingerprint density at radius 1 is 1.29 bits per heavy atom. The molecule has 1 aromatic carbocycles. The van der Waals surface area contributed by atoms with Gasteiger partial charge in [-0.2, -0.15) is 0 Å². The Bertz CT molecular complexity index is 814. The highest BCUT2D eigenvalue weighted by molar-refractivity contribution is 6.30. The maximum absolute atomic E-state index is 12.0. The van der Waals surface area contributed by atoms with Crippen LogP contribution in [0.2, 0.25) is 5.02 Å². The predicted octanol–water partition coefficient (Wildman–Crippen LogP) is 2.87. The number of nitrogens with one attached hydrogen (secondary N) is 1. The van der Waals surface area contributed by atoms with E-state index in [1.807, 2.05) is 0 Å². The van der Waals surface area contributed by atoms with Crippen molar-refractivity contribution < 1.29 is 9.90 Å². The van der Waals surface area contributed by atoms with Crippen LogP contribution in [0.1, 0.15) is 5.69 Å². The van der Waals surface area contributed by atoms with Crippen molar-refractivity contribution in [1.82, 2.24) is 9.38 Å². The third kappa shape index (κ3) is 3.14. The first-order chi connectivity index (χ1) is 10.1. The summed E-state index contributed by atoms with van der Waals surface area (Å²) >= 11 is 5.90. The van der Waals surface area contributed by atoms with Crippen LogP contribution in [0.5, 0.6) is 5.75 Å². The fourth-order valence-electron chi connectivity index (χ4n) is 2.06. The number of rotatable bonds is 3. The third-order valence-corrected chi connectivity index (χ3v) is 3.16. The van der Waals surface area contributed by atoms with Crippen molar-refractivity contribution in [2.24, 2.45) is 0 Å². The summed E-state index contributed by atoms with van der Waals surface area (Å²) in [5.41, 5.74) is 1.93. The highest BCUT2D eigenvalue weighted by atomic mass is 35.5. The van der Waals surface area contributed by atoms with Gasteiger partial charge in [0, 0.05) is 24.1 Å². The Labute approximate surface area is 125 Å². The van der Waals surface area contributed by atoms with Gasteiger partial charge in [0.25, 0.3) is 0 Å². The van der Waals surface area contributed by atoms with E-state index in [1.165, 1.54) is 6.07 Å². The monoisotopic (exact) mass is 301 g/mol. The van der Waals surface area contributed by atoms with Gasteiger partial charge in [0.15, 0.2) is 0 Å². The first kappa shape index (κ1) is 13.5. The average molecular weight is 302 g/mol. The van der Waals surface area contributed by atoms with E-state index in [1.54, 1.807) is 47.1 Å². The van der Waals surface area contributed by atoms with Crippen molar-refractivity contribution >= 4 is 28.8 Å². The van der Waals surface area contributed by atoms with E-state index in [2.05, 4.69) is 10.3 Å². The summed E-state index contributed by atoms with van der Waals surface area (Å²) in [6.45, 7) is 0. The molecule has 2 N–H and O–H groups in total. The molecule has 0 aliphatic rings. The van der Waals surface area contributed by atoms with Crippen LogP contribution < -0.4 is 5.32 Å². The summed E-state index contributed by atoms with van der Waals surface area (Å²) in [4.78, 5) is 16.3. The molecule has 0 saturated carbocycles. The van der Waals surface area contributed by atoms with E-state index in [0.717, 1.165) is 5.65 Å². The molecule has 0 saturated heterocycles. The first-order valence-electron chi connectivity index (χ1n) is 6.32. The Morgan fingerprint density at radius 3 is 2.95 bits per heavy atom. The molecule has 0 aliphatic carbocycles. The van der Waals surface area contributed by atoms with Gasteiger partial charge in [0.05, 0.1) is 17.1 Å². The van der Waals surface area contributed by atoms with Gasteiger partial charge in [0.2, 0.25) is 5.91 Å². The maximum atomic E-state index is 12.0. The lowest BCUT2D eigenvalue weighted by Crippen LogP contribution is -2.14. The molecule has 5 nitrogen and oxygen atoms in total. The number of carbonyl (C=O) groups is 1. The Balaban J connectivity index is 1.74. The minimum atomic E-state index is -0.199. The van der Waals surface area contributed by atoms with Crippen LogP contribution >= 0.6 is 11.6 Å². The molecule has 0 spiro atoms. The van der Waals surface area contributed by atoms with Gasteiger partial charge in [-0.05, 0) is 24.3 Å². The van der Waals surface area contributed by atoms with Crippen LogP contribution in [0.15, 0.2) is 48.8 Å². The van der Waals surface area contributed by atoms with Gasteiger partial charge >= 0.3 is 0 Å². The molecule has 21 heavy (non-hydrogen) atoms. The molecule has 0 fully saturated rings. The second kappa shape index (κ2) is 5.46. The van der Waals surface area contributed by atoms with Crippen LogP contribution in [-0.2, 0) is 11.2 Å². The standard InChI is InChI=1S/C15H12ClN3O2/c16-10-4-5-14-17-12(9-19(14)8-10)7-15(21)18-11-2-1-3-13(20)6-11/h1-6,8-9,20H,7H2,(H,18,21). The van der Waals surface area contributed by atoms with E-state index in [9.17, 15) is 9.90 Å². The fraction of sp³-hybridized carbons (Fsp3) is 0.0667. The molecule has 106 valence electrons. The molecule has 3 rings (SSSR count). The lowest BCUT2D eigenvalue weighted by Gasteiger charge is -2.03. The van der Waals surface area contributed by atoms with Crippen LogP contribution in [0.4, 0.5) is 5.69 Å². The summed E-state index contributed by atoms with van der Waals surface area (Å²) in [5, 5.41) is 12.7. The van der Waals surface area contributed by atoms with Crippen molar-refractivity contribution in [3.63, 3.8) is 0 Å². The van der Waals surface area contributed by atoms with E-state index < -0.39 is 0 Å². The van der Waals surface area contributed by atoms with Crippen LogP contribution in [0.25, 0.3) is 5.65 Å². The number of phenols is 1. The number of hydrogen-bond donors (Lipinski definition) is 2. The molecule has 0 bridgehead atoms. The second-order valence-electron chi connectivity index (χ2n) is 4.62. The van der Waals surface area contributed by atoms with E-state index >= 15 is 0 Å². The molecule has 2 heterocycles. The Morgan fingerprint density at radius 2 is 2.14 bits per heavy atom. The van der Waals surface area contributed by atoms with Gasteiger partial charge in [-0.15, -0.1) is 0 Å². The molecular weight excluding hydrogens is 290 g/mol. The van der Waals surface area contributed by atoms with Crippen molar-refractivity contribution in [1.29, 1.82) is 0 Å². The molecular formula is C15H12ClN3O2. The zero-order valence-corrected chi connectivity index (χ0v) is 11.7. The summed E-state index contributed by atoms with van der Waals surface area (Å²) in [7, 11) is 0. The molecule has 0 radical (unpaired) electrons. The summed E-state index contributed by atoms with van der Waals surface area (Å²) in [6.07, 6.45) is 3.65. The fourth-order valence-corrected chi connectivity index (χ4v) is 2.22. The smallest absolute Gasteiger partial charge is 0.230 e. The second-order valence-corrected chi connectivity index (χ2v) is 5.06. The number of imidazole rings is 1. The number of pyridine rings is 1.